The van der Waals surface area contributed by atoms with Crippen LogP contribution in [0, 0.1) is 0 Å². The van der Waals surface area contributed by atoms with E-state index in [0.717, 1.165) is 23.7 Å². The van der Waals surface area contributed by atoms with Crippen molar-refractivity contribution in [2.75, 3.05) is 5.32 Å². The Balaban J connectivity index is 1.63. The highest BCUT2D eigenvalue weighted by Crippen LogP contribution is 2.18. The molecule has 0 saturated carbocycles. The highest BCUT2D eigenvalue weighted by molar-refractivity contribution is 7.13. The van der Waals surface area contributed by atoms with E-state index in [1.54, 1.807) is 0 Å². The summed E-state index contributed by atoms with van der Waals surface area (Å²) < 4.78 is 0. The lowest BCUT2D eigenvalue weighted by molar-refractivity contribution is 0.102. The van der Waals surface area contributed by atoms with E-state index < -0.39 is 0 Å². The van der Waals surface area contributed by atoms with Crippen molar-refractivity contribution in [2.24, 2.45) is 0 Å². The predicted octanol–water partition coefficient (Wildman–Crippen LogP) is 4.76. The van der Waals surface area contributed by atoms with Crippen LogP contribution >= 0.6 is 11.3 Å². The highest BCUT2D eigenvalue weighted by Gasteiger charge is 2.17. The average Bonchev–Trinajstić information content (AvgIpc) is 3.17. The molecule has 0 bridgehead atoms. The number of aromatic nitrogens is 2. The Bertz CT molecular complexity index is 890. The van der Waals surface area contributed by atoms with Gasteiger partial charge in [0.25, 0.3) is 5.91 Å². The molecule has 0 radical (unpaired) electrons. The van der Waals surface area contributed by atoms with Gasteiger partial charge in [0.1, 0.15) is 5.01 Å². The Morgan fingerprint density at radius 3 is 2.36 bits per heavy atom. The largest absolute Gasteiger partial charge is 0.320 e. The van der Waals surface area contributed by atoms with Crippen LogP contribution < -0.4 is 5.32 Å². The number of benzene rings is 2. The monoisotopic (exact) mass is 394 g/mol. The Hall–Kier alpha value is -2.57. The highest BCUT2D eigenvalue weighted by atomic mass is 32.1. The molecule has 1 amide bonds. The van der Waals surface area contributed by atoms with Crippen molar-refractivity contribution in [1.29, 1.82) is 0 Å². The van der Waals surface area contributed by atoms with E-state index in [2.05, 4.69) is 53.3 Å². The summed E-state index contributed by atoms with van der Waals surface area (Å²) in [6.45, 7) is 7.94. The molecule has 6 heteroatoms. The van der Waals surface area contributed by atoms with Gasteiger partial charge >= 0.3 is 0 Å². The van der Waals surface area contributed by atoms with Gasteiger partial charge in [0.15, 0.2) is 0 Å². The first kappa shape index (κ1) is 20.2. The lowest BCUT2D eigenvalue weighted by atomic mass is 10.1. The molecule has 3 aromatic rings. The zero-order valence-corrected chi connectivity index (χ0v) is 17.4. The van der Waals surface area contributed by atoms with Crippen LogP contribution in [0.4, 0.5) is 5.69 Å². The number of hydrogen-bond acceptors (Lipinski definition) is 5. The minimum atomic E-state index is -0.216. The molecular formula is C22H26N4OS. The van der Waals surface area contributed by atoms with Crippen LogP contribution in [0.2, 0.25) is 0 Å². The molecule has 1 aromatic heterocycles. The van der Waals surface area contributed by atoms with Gasteiger partial charge in [-0.05, 0) is 43.5 Å². The van der Waals surface area contributed by atoms with Gasteiger partial charge in [-0.1, -0.05) is 60.7 Å². The summed E-state index contributed by atoms with van der Waals surface area (Å²) in [6.07, 6.45) is 0.976. The summed E-state index contributed by atoms with van der Waals surface area (Å²) in [5.41, 5.74) is 3.27. The second-order valence-electron chi connectivity index (χ2n) is 6.99. The second kappa shape index (κ2) is 9.57. The molecule has 0 spiro atoms. The average molecular weight is 395 g/mol. The van der Waals surface area contributed by atoms with E-state index in [0.29, 0.717) is 17.6 Å². The Kier molecular flexibility index (Phi) is 6.90. The molecule has 2 aromatic carbocycles. The van der Waals surface area contributed by atoms with Crippen molar-refractivity contribution in [3.63, 3.8) is 0 Å². The third kappa shape index (κ3) is 5.47. The summed E-state index contributed by atoms with van der Waals surface area (Å²) in [5.74, 6) is -0.216. The number of nitrogens with one attached hydrogen (secondary N) is 1. The van der Waals surface area contributed by atoms with Gasteiger partial charge in [0.2, 0.25) is 5.01 Å². The molecule has 146 valence electrons. The van der Waals surface area contributed by atoms with Crippen molar-refractivity contribution in [3.05, 3.63) is 75.7 Å². The molecule has 5 nitrogen and oxygen atoms in total. The van der Waals surface area contributed by atoms with Crippen LogP contribution in [-0.4, -0.2) is 27.0 Å². The molecule has 0 aliphatic carbocycles. The number of aryl methyl sites for hydroxylation is 1. The number of carbonyl (C=O) groups is 1. The normalized spacial score (nSPS) is 11.2. The summed E-state index contributed by atoms with van der Waals surface area (Å²) in [7, 11) is 0. The first-order valence-electron chi connectivity index (χ1n) is 9.55. The molecule has 0 fully saturated rings. The van der Waals surface area contributed by atoms with Crippen LogP contribution in [-0.2, 0) is 19.5 Å². The van der Waals surface area contributed by atoms with Gasteiger partial charge < -0.3 is 5.32 Å². The standard InChI is InChI=1S/C22H26N4OS/c1-4-17-10-12-19(13-11-17)23-21(27)22-25-24-20(28-22)15-26(16(2)3)14-18-8-6-5-7-9-18/h5-13,16H,4,14-15H2,1-3H3,(H,23,27). The van der Waals surface area contributed by atoms with Crippen LogP contribution in [0.25, 0.3) is 0 Å². The molecule has 0 saturated heterocycles. The first-order chi connectivity index (χ1) is 13.5. The van der Waals surface area contributed by atoms with Crippen LogP contribution in [0.5, 0.6) is 0 Å². The number of nitrogens with zero attached hydrogens (tertiary/aromatic N) is 3. The molecule has 28 heavy (non-hydrogen) atoms. The zero-order valence-electron chi connectivity index (χ0n) is 16.6. The first-order valence-corrected chi connectivity index (χ1v) is 10.4. The summed E-state index contributed by atoms with van der Waals surface area (Å²) in [5, 5.41) is 12.5. The van der Waals surface area contributed by atoms with Crippen LogP contribution in [0.15, 0.2) is 54.6 Å². The van der Waals surface area contributed by atoms with Crippen molar-refractivity contribution >= 4 is 22.9 Å². The summed E-state index contributed by atoms with van der Waals surface area (Å²) in [6, 6.07) is 18.6. The maximum atomic E-state index is 12.5. The topological polar surface area (TPSA) is 58.1 Å². The number of rotatable bonds is 8. The number of carbonyl (C=O) groups excluding carboxylic acids is 1. The fourth-order valence-corrected chi connectivity index (χ4v) is 3.59. The lowest BCUT2D eigenvalue weighted by Gasteiger charge is -2.25. The lowest BCUT2D eigenvalue weighted by Crippen LogP contribution is -2.29. The summed E-state index contributed by atoms with van der Waals surface area (Å²) >= 11 is 1.35. The Labute approximate surface area is 170 Å². The summed E-state index contributed by atoms with van der Waals surface area (Å²) in [4.78, 5) is 14.8. The maximum absolute atomic E-state index is 12.5. The van der Waals surface area contributed by atoms with Crippen molar-refractivity contribution in [1.82, 2.24) is 15.1 Å². The van der Waals surface area contributed by atoms with Crippen molar-refractivity contribution in [3.8, 4) is 0 Å². The molecule has 0 atom stereocenters. The minimum absolute atomic E-state index is 0.216. The molecule has 0 unspecified atom stereocenters. The van der Waals surface area contributed by atoms with E-state index in [1.165, 1.54) is 22.5 Å². The van der Waals surface area contributed by atoms with E-state index in [1.807, 2.05) is 42.5 Å². The van der Waals surface area contributed by atoms with Gasteiger partial charge in [0, 0.05) is 18.3 Å². The molecular weight excluding hydrogens is 368 g/mol. The number of anilines is 1. The number of hydrogen-bond donors (Lipinski definition) is 1. The Morgan fingerprint density at radius 2 is 1.71 bits per heavy atom. The maximum Gasteiger partial charge on any atom is 0.286 e. The fraction of sp³-hybridized carbons (Fsp3) is 0.318. The zero-order chi connectivity index (χ0) is 19.9. The quantitative estimate of drug-likeness (QED) is 0.598. The second-order valence-corrected chi connectivity index (χ2v) is 8.05. The van der Waals surface area contributed by atoms with E-state index in [9.17, 15) is 4.79 Å². The molecule has 3 rings (SSSR count). The molecule has 0 aliphatic heterocycles. The van der Waals surface area contributed by atoms with Gasteiger partial charge in [-0.3, -0.25) is 9.69 Å². The van der Waals surface area contributed by atoms with Crippen molar-refractivity contribution in [2.45, 2.75) is 46.3 Å². The molecule has 1 N–H and O–H groups in total. The van der Waals surface area contributed by atoms with Gasteiger partial charge in [0.05, 0.1) is 6.54 Å². The van der Waals surface area contributed by atoms with Gasteiger partial charge in [-0.15, -0.1) is 10.2 Å². The fourth-order valence-electron chi connectivity index (χ4n) is 2.83. The smallest absolute Gasteiger partial charge is 0.286 e. The van der Waals surface area contributed by atoms with Crippen LogP contribution in [0.3, 0.4) is 0 Å². The van der Waals surface area contributed by atoms with E-state index in [4.69, 9.17) is 0 Å². The third-order valence-corrected chi connectivity index (χ3v) is 5.49. The van der Waals surface area contributed by atoms with Crippen molar-refractivity contribution < 1.29 is 4.79 Å². The molecule has 0 aliphatic rings. The van der Waals surface area contributed by atoms with Gasteiger partial charge in [-0.2, -0.15) is 0 Å². The Morgan fingerprint density at radius 1 is 1.00 bits per heavy atom. The third-order valence-electron chi connectivity index (χ3n) is 4.58. The van der Waals surface area contributed by atoms with Gasteiger partial charge in [-0.25, -0.2) is 0 Å². The predicted molar refractivity (Wildman–Crippen MR) is 115 cm³/mol. The van der Waals surface area contributed by atoms with E-state index >= 15 is 0 Å². The number of amides is 1. The molecule has 1 heterocycles. The van der Waals surface area contributed by atoms with E-state index in [-0.39, 0.29) is 5.91 Å². The van der Waals surface area contributed by atoms with Crippen LogP contribution in [0.1, 0.15) is 46.7 Å². The minimum Gasteiger partial charge on any atom is -0.320 e. The SMILES string of the molecule is CCc1ccc(NC(=O)c2nnc(CN(Cc3ccccc3)C(C)C)s2)cc1.